The van der Waals surface area contributed by atoms with E-state index in [0.29, 0.717) is 30.8 Å². The van der Waals surface area contributed by atoms with Gasteiger partial charge in [-0.05, 0) is 25.7 Å². The van der Waals surface area contributed by atoms with Gasteiger partial charge in [0, 0.05) is 13.0 Å². The zero-order valence-corrected chi connectivity index (χ0v) is 11.0. The van der Waals surface area contributed by atoms with Crippen LogP contribution in [0.25, 0.3) is 0 Å². The standard InChI is InChI=1S/C10H19BN2O4S/c12-7(3-1-5-9(14)15)10(18)13-6-2-4-8(13)11(16)17/h7-8,16-17H,1-6,12H2,(H,14,15)/t7-,8?/m0/s1. The van der Waals surface area contributed by atoms with Crippen LogP contribution < -0.4 is 5.73 Å². The van der Waals surface area contributed by atoms with Gasteiger partial charge in [0.15, 0.2) is 0 Å². The van der Waals surface area contributed by atoms with E-state index in [1.54, 1.807) is 4.90 Å². The minimum atomic E-state index is -1.42. The summed E-state index contributed by atoms with van der Waals surface area (Å²) in [5.41, 5.74) is 5.91. The van der Waals surface area contributed by atoms with E-state index in [2.05, 4.69) is 0 Å². The van der Waals surface area contributed by atoms with Crippen LogP contribution in [-0.4, -0.2) is 56.7 Å². The molecule has 0 aromatic rings. The van der Waals surface area contributed by atoms with Crippen molar-refractivity contribution in [1.82, 2.24) is 4.90 Å². The summed E-state index contributed by atoms with van der Waals surface area (Å²) in [6.45, 7) is 0.674. The molecule has 0 amide bonds. The van der Waals surface area contributed by atoms with Gasteiger partial charge in [-0.25, -0.2) is 0 Å². The third kappa shape index (κ3) is 4.20. The van der Waals surface area contributed by atoms with E-state index in [4.69, 9.17) is 23.1 Å². The predicted octanol–water partition coefficient (Wildman–Crippen LogP) is -0.628. The fraction of sp³-hybridized carbons (Fsp3) is 0.800. The topological polar surface area (TPSA) is 107 Å². The van der Waals surface area contributed by atoms with Gasteiger partial charge in [-0.15, -0.1) is 0 Å². The summed E-state index contributed by atoms with van der Waals surface area (Å²) < 4.78 is 0. The van der Waals surface area contributed by atoms with Gasteiger partial charge < -0.3 is 25.8 Å². The molecule has 0 saturated carbocycles. The number of hydrogen-bond donors (Lipinski definition) is 4. The predicted molar refractivity (Wildman–Crippen MR) is 72.0 cm³/mol. The third-order valence-corrected chi connectivity index (χ3v) is 3.69. The minimum Gasteiger partial charge on any atom is -0.481 e. The molecule has 18 heavy (non-hydrogen) atoms. The zero-order valence-electron chi connectivity index (χ0n) is 10.2. The number of hydrogen-bond acceptors (Lipinski definition) is 5. The molecule has 1 heterocycles. The number of nitrogens with zero attached hydrogens (tertiary/aromatic N) is 1. The van der Waals surface area contributed by atoms with Crippen LogP contribution in [0.5, 0.6) is 0 Å². The highest BCUT2D eigenvalue weighted by atomic mass is 32.1. The van der Waals surface area contributed by atoms with Gasteiger partial charge in [-0.1, -0.05) is 12.2 Å². The second-order valence-corrected chi connectivity index (χ2v) is 4.97. The van der Waals surface area contributed by atoms with E-state index in [1.807, 2.05) is 0 Å². The SMILES string of the molecule is N[C@@H](CCCC(=O)O)C(=S)N1CCCC1B(O)O. The summed E-state index contributed by atoms with van der Waals surface area (Å²) in [6, 6.07) is -0.404. The highest BCUT2D eigenvalue weighted by Crippen LogP contribution is 2.20. The number of carboxylic acids is 1. The van der Waals surface area contributed by atoms with Crippen LogP contribution in [0.1, 0.15) is 32.1 Å². The van der Waals surface area contributed by atoms with Crippen molar-refractivity contribution < 1.29 is 19.9 Å². The first kappa shape index (κ1) is 15.4. The van der Waals surface area contributed by atoms with Crippen molar-refractivity contribution in [3.63, 3.8) is 0 Å². The lowest BCUT2D eigenvalue weighted by Crippen LogP contribution is -2.50. The molecule has 1 unspecified atom stereocenters. The second-order valence-electron chi connectivity index (χ2n) is 4.55. The number of thiocarbonyl (C=S) groups is 1. The summed E-state index contributed by atoms with van der Waals surface area (Å²) in [5, 5.41) is 27.0. The first-order valence-electron chi connectivity index (χ1n) is 6.07. The lowest BCUT2D eigenvalue weighted by Gasteiger charge is -2.29. The zero-order chi connectivity index (χ0) is 13.7. The highest BCUT2D eigenvalue weighted by Gasteiger charge is 2.36. The Morgan fingerprint density at radius 2 is 2.22 bits per heavy atom. The summed E-state index contributed by atoms with van der Waals surface area (Å²) in [5.74, 6) is -1.24. The Bertz CT molecular complexity index is 316. The third-order valence-electron chi connectivity index (χ3n) is 3.15. The van der Waals surface area contributed by atoms with Crippen molar-refractivity contribution in [2.45, 2.75) is 44.1 Å². The molecule has 8 heteroatoms. The normalized spacial score (nSPS) is 20.8. The Morgan fingerprint density at radius 3 is 2.78 bits per heavy atom. The fourth-order valence-electron chi connectivity index (χ4n) is 2.19. The van der Waals surface area contributed by atoms with Crippen molar-refractivity contribution >= 4 is 30.3 Å². The summed E-state index contributed by atoms with van der Waals surface area (Å²) in [7, 11) is -1.42. The van der Waals surface area contributed by atoms with Crippen molar-refractivity contribution in [2.24, 2.45) is 5.73 Å². The number of carboxylic acid groups (broad SMARTS) is 1. The minimum absolute atomic E-state index is 0.0718. The Balaban J connectivity index is 2.45. The maximum Gasteiger partial charge on any atom is 0.475 e. The molecular formula is C10H19BN2O4S. The van der Waals surface area contributed by atoms with Crippen LogP contribution in [0, 0.1) is 0 Å². The monoisotopic (exact) mass is 274 g/mol. The Morgan fingerprint density at radius 1 is 1.56 bits per heavy atom. The first-order valence-corrected chi connectivity index (χ1v) is 6.48. The molecule has 6 nitrogen and oxygen atoms in total. The Kier molecular flexibility index (Phi) is 6.00. The smallest absolute Gasteiger partial charge is 0.475 e. The average Bonchev–Trinajstić information content (AvgIpc) is 2.76. The molecule has 0 aliphatic carbocycles. The molecule has 102 valence electrons. The van der Waals surface area contributed by atoms with E-state index in [9.17, 15) is 14.8 Å². The fourth-order valence-corrected chi connectivity index (χ4v) is 2.53. The molecule has 1 fully saturated rings. The van der Waals surface area contributed by atoms with E-state index in [0.717, 1.165) is 6.42 Å². The average molecular weight is 274 g/mol. The van der Waals surface area contributed by atoms with Gasteiger partial charge in [0.2, 0.25) is 0 Å². The van der Waals surface area contributed by atoms with Crippen LogP contribution in [0.3, 0.4) is 0 Å². The molecule has 1 saturated heterocycles. The van der Waals surface area contributed by atoms with Crippen LogP contribution in [0.15, 0.2) is 0 Å². The van der Waals surface area contributed by atoms with Crippen molar-refractivity contribution in [3.8, 4) is 0 Å². The summed E-state index contributed by atoms with van der Waals surface area (Å²) in [4.78, 5) is 12.6. The van der Waals surface area contributed by atoms with E-state index in [1.165, 1.54) is 0 Å². The molecular weight excluding hydrogens is 255 g/mol. The van der Waals surface area contributed by atoms with Crippen LogP contribution >= 0.6 is 12.2 Å². The number of rotatable bonds is 6. The van der Waals surface area contributed by atoms with Crippen LogP contribution in [0.4, 0.5) is 0 Å². The van der Waals surface area contributed by atoms with Crippen molar-refractivity contribution in [1.29, 1.82) is 0 Å². The van der Waals surface area contributed by atoms with E-state index < -0.39 is 19.1 Å². The lowest BCUT2D eigenvalue weighted by atomic mass is 9.78. The summed E-state index contributed by atoms with van der Waals surface area (Å²) >= 11 is 5.24. The number of aliphatic carboxylic acids is 1. The number of carbonyl (C=O) groups is 1. The van der Waals surface area contributed by atoms with Gasteiger partial charge in [-0.3, -0.25) is 4.79 Å². The van der Waals surface area contributed by atoms with Crippen LogP contribution in [0.2, 0.25) is 0 Å². The number of likely N-dealkylation sites (tertiary alicyclic amines) is 1. The molecule has 1 aliphatic heterocycles. The van der Waals surface area contributed by atoms with Gasteiger partial charge in [0.25, 0.3) is 0 Å². The largest absolute Gasteiger partial charge is 0.481 e. The van der Waals surface area contributed by atoms with Gasteiger partial charge in [-0.2, -0.15) is 0 Å². The molecule has 0 bridgehead atoms. The molecule has 0 aromatic carbocycles. The van der Waals surface area contributed by atoms with Gasteiger partial charge in [0.05, 0.1) is 17.0 Å². The maximum atomic E-state index is 10.4. The molecule has 0 spiro atoms. The molecule has 1 aliphatic rings. The molecule has 0 radical (unpaired) electrons. The molecule has 2 atom stereocenters. The molecule has 5 N–H and O–H groups in total. The van der Waals surface area contributed by atoms with Crippen molar-refractivity contribution in [3.05, 3.63) is 0 Å². The summed E-state index contributed by atoms with van der Waals surface area (Å²) in [6.07, 6.45) is 2.57. The van der Waals surface area contributed by atoms with E-state index >= 15 is 0 Å². The molecule has 0 aromatic heterocycles. The van der Waals surface area contributed by atoms with Crippen LogP contribution in [-0.2, 0) is 4.79 Å². The quantitative estimate of drug-likeness (QED) is 0.377. The highest BCUT2D eigenvalue weighted by molar-refractivity contribution is 7.80. The second kappa shape index (κ2) is 7.03. The molecule has 1 rings (SSSR count). The maximum absolute atomic E-state index is 10.4. The Hall–Kier alpha value is -0.695. The van der Waals surface area contributed by atoms with E-state index in [-0.39, 0.29) is 12.4 Å². The Labute approximate surface area is 112 Å². The lowest BCUT2D eigenvalue weighted by molar-refractivity contribution is -0.137. The van der Waals surface area contributed by atoms with Gasteiger partial charge >= 0.3 is 13.1 Å². The first-order chi connectivity index (χ1) is 8.43. The van der Waals surface area contributed by atoms with Gasteiger partial charge in [0.1, 0.15) is 0 Å². The number of nitrogens with two attached hydrogens (primary N) is 1. The van der Waals surface area contributed by atoms with Crippen molar-refractivity contribution in [2.75, 3.05) is 6.54 Å².